The zero-order valence-electron chi connectivity index (χ0n) is 14.2. The van der Waals surface area contributed by atoms with Crippen LogP contribution in [0.3, 0.4) is 0 Å². The number of halogens is 2. The van der Waals surface area contributed by atoms with Crippen molar-refractivity contribution in [2.75, 3.05) is 6.61 Å². The minimum absolute atomic E-state index is 0.0973. The molecule has 0 heterocycles. The molecule has 0 aromatic heterocycles. The van der Waals surface area contributed by atoms with Crippen LogP contribution in [0.2, 0.25) is 0 Å². The lowest BCUT2D eigenvalue weighted by atomic mass is 10.1. The van der Waals surface area contributed by atoms with E-state index in [-0.39, 0.29) is 12.2 Å². The average Bonchev–Trinajstić information content (AvgIpc) is 2.52. The number of carbonyl (C=O) groups excluding carboxylic acids is 1. The van der Waals surface area contributed by atoms with Crippen LogP contribution in [0.5, 0.6) is 5.75 Å². The Kier molecular flexibility index (Phi) is 5.71. The van der Waals surface area contributed by atoms with Crippen LogP contribution >= 0.6 is 0 Å². The second-order valence-corrected chi connectivity index (χ2v) is 5.81. The minimum Gasteiger partial charge on any atom is -0.483 e. The van der Waals surface area contributed by atoms with Gasteiger partial charge in [0.05, 0.1) is 6.07 Å². The van der Waals surface area contributed by atoms with Gasteiger partial charge in [0.15, 0.2) is 6.61 Å². The molecule has 0 aliphatic heterocycles. The average molecular weight is 344 g/mol. The number of nitriles is 1. The van der Waals surface area contributed by atoms with Crippen LogP contribution in [-0.4, -0.2) is 12.5 Å². The maximum absolute atomic E-state index is 13.8. The van der Waals surface area contributed by atoms with Crippen molar-refractivity contribution >= 4 is 5.91 Å². The van der Waals surface area contributed by atoms with Crippen LogP contribution in [0, 0.1) is 43.7 Å². The molecule has 25 heavy (non-hydrogen) atoms. The first-order chi connectivity index (χ1) is 11.8. The standard InChI is InChI=1S/C19H18F2N2O2/c1-11-6-12(2)19(13(3)7-11)25-10-18(24)23-17(9-22)15-5-4-14(20)8-16(15)21/h4-8,17H,10H2,1-3H3,(H,23,24). The van der Waals surface area contributed by atoms with Gasteiger partial charge in [0.1, 0.15) is 23.4 Å². The van der Waals surface area contributed by atoms with E-state index >= 15 is 0 Å². The van der Waals surface area contributed by atoms with E-state index in [1.165, 1.54) is 0 Å². The van der Waals surface area contributed by atoms with Gasteiger partial charge >= 0.3 is 0 Å². The van der Waals surface area contributed by atoms with Crippen LogP contribution in [0.4, 0.5) is 8.78 Å². The topological polar surface area (TPSA) is 62.1 Å². The molecule has 2 aromatic carbocycles. The van der Waals surface area contributed by atoms with Crippen LogP contribution in [0.15, 0.2) is 30.3 Å². The molecule has 1 amide bonds. The van der Waals surface area contributed by atoms with Crippen LogP contribution in [-0.2, 0) is 4.79 Å². The molecule has 0 fully saturated rings. The third-order valence-corrected chi connectivity index (χ3v) is 3.66. The van der Waals surface area contributed by atoms with Crippen molar-refractivity contribution in [1.29, 1.82) is 5.26 Å². The Hall–Kier alpha value is -2.94. The van der Waals surface area contributed by atoms with E-state index in [2.05, 4.69) is 5.32 Å². The van der Waals surface area contributed by atoms with Gasteiger partial charge in [-0.05, 0) is 38.0 Å². The molecule has 0 spiro atoms. The molecule has 130 valence electrons. The predicted molar refractivity (Wildman–Crippen MR) is 89.0 cm³/mol. The Morgan fingerprint density at radius 3 is 2.40 bits per heavy atom. The second kappa shape index (κ2) is 7.75. The monoisotopic (exact) mass is 344 g/mol. The Balaban J connectivity index is 2.05. The number of carbonyl (C=O) groups is 1. The highest BCUT2D eigenvalue weighted by molar-refractivity contribution is 5.78. The number of benzene rings is 2. The van der Waals surface area contributed by atoms with Crippen molar-refractivity contribution in [3.05, 3.63) is 64.2 Å². The first-order valence-corrected chi connectivity index (χ1v) is 7.66. The van der Waals surface area contributed by atoms with Gasteiger partial charge < -0.3 is 10.1 Å². The van der Waals surface area contributed by atoms with Crippen molar-refractivity contribution in [3.8, 4) is 11.8 Å². The number of hydrogen-bond donors (Lipinski definition) is 1. The number of nitrogens with zero attached hydrogens (tertiary/aromatic N) is 1. The molecule has 0 aliphatic carbocycles. The summed E-state index contributed by atoms with van der Waals surface area (Å²) in [5.41, 5.74) is 2.78. The summed E-state index contributed by atoms with van der Waals surface area (Å²) >= 11 is 0. The van der Waals surface area contributed by atoms with E-state index in [1.807, 2.05) is 32.9 Å². The van der Waals surface area contributed by atoms with Crippen LogP contribution in [0.25, 0.3) is 0 Å². The fraction of sp³-hybridized carbons (Fsp3) is 0.263. The summed E-state index contributed by atoms with van der Waals surface area (Å²) in [6.07, 6.45) is 0. The van der Waals surface area contributed by atoms with Crippen molar-refractivity contribution in [1.82, 2.24) is 5.32 Å². The van der Waals surface area contributed by atoms with Gasteiger partial charge in [0.2, 0.25) is 0 Å². The predicted octanol–water partition coefficient (Wildman–Crippen LogP) is 3.65. The molecule has 1 unspecified atom stereocenters. The van der Waals surface area contributed by atoms with Crippen molar-refractivity contribution < 1.29 is 18.3 Å². The van der Waals surface area contributed by atoms with Crippen molar-refractivity contribution in [2.24, 2.45) is 0 Å². The van der Waals surface area contributed by atoms with E-state index in [0.717, 1.165) is 28.8 Å². The van der Waals surface area contributed by atoms with Crippen molar-refractivity contribution in [2.45, 2.75) is 26.8 Å². The SMILES string of the molecule is Cc1cc(C)c(OCC(=O)NC(C#N)c2ccc(F)cc2F)c(C)c1. The minimum atomic E-state index is -1.23. The van der Waals surface area contributed by atoms with Gasteiger partial charge in [0, 0.05) is 11.6 Å². The third kappa shape index (κ3) is 4.54. The molecule has 2 aromatic rings. The number of amides is 1. The molecule has 2 rings (SSSR count). The van der Waals surface area contributed by atoms with E-state index in [1.54, 1.807) is 6.07 Å². The lowest BCUT2D eigenvalue weighted by molar-refractivity contribution is -0.123. The summed E-state index contributed by atoms with van der Waals surface area (Å²) in [5.74, 6) is -1.62. The van der Waals surface area contributed by atoms with Gasteiger partial charge in [0.25, 0.3) is 5.91 Å². The number of nitrogens with one attached hydrogen (secondary N) is 1. The highest BCUT2D eigenvalue weighted by Gasteiger charge is 2.19. The van der Waals surface area contributed by atoms with Gasteiger partial charge in [-0.15, -0.1) is 0 Å². The lowest BCUT2D eigenvalue weighted by Crippen LogP contribution is -2.32. The molecule has 0 saturated heterocycles. The summed E-state index contributed by atoms with van der Waals surface area (Å²) in [6.45, 7) is 5.40. The number of aryl methyl sites for hydroxylation is 3. The Morgan fingerprint density at radius 2 is 1.84 bits per heavy atom. The summed E-state index contributed by atoms with van der Waals surface area (Å²) in [7, 11) is 0. The normalized spacial score (nSPS) is 11.5. The highest BCUT2D eigenvalue weighted by atomic mass is 19.1. The number of rotatable bonds is 5. The van der Waals surface area contributed by atoms with Crippen molar-refractivity contribution in [3.63, 3.8) is 0 Å². The maximum Gasteiger partial charge on any atom is 0.259 e. The third-order valence-electron chi connectivity index (χ3n) is 3.66. The summed E-state index contributed by atoms with van der Waals surface area (Å²) in [5, 5.41) is 11.5. The lowest BCUT2D eigenvalue weighted by Gasteiger charge is -2.15. The number of hydrogen-bond acceptors (Lipinski definition) is 3. The first-order valence-electron chi connectivity index (χ1n) is 7.66. The second-order valence-electron chi connectivity index (χ2n) is 5.81. The Bertz CT molecular complexity index is 821. The quantitative estimate of drug-likeness (QED) is 0.900. The molecule has 0 bridgehead atoms. The summed E-state index contributed by atoms with van der Waals surface area (Å²) in [6, 6.07) is 7.27. The van der Waals surface area contributed by atoms with Gasteiger partial charge in [-0.2, -0.15) is 5.26 Å². The zero-order chi connectivity index (χ0) is 18.6. The molecule has 0 saturated carbocycles. The smallest absolute Gasteiger partial charge is 0.259 e. The molecule has 0 radical (unpaired) electrons. The molecule has 0 aliphatic rings. The molecule has 1 atom stereocenters. The zero-order valence-corrected chi connectivity index (χ0v) is 14.2. The van der Waals surface area contributed by atoms with Gasteiger partial charge in [-0.3, -0.25) is 4.79 Å². The molecule has 1 N–H and O–H groups in total. The number of ether oxygens (including phenoxy) is 1. The fourth-order valence-corrected chi connectivity index (χ4v) is 2.65. The van der Waals surface area contributed by atoms with E-state index < -0.39 is 23.6 Å². The van der Waals surface area contributed by atoms with Crippen LogP contribution < -0.4 is 10.1 Å². The summed E-state index contributed by atoms with van der Waals surface area (Å²) < 4.78 is 32.3. The molecule has 4 nitrogen and oxygen atoms in total. The largest absolute Gasteiger partial charge is 0.483 e. The maximum atomic E-state index is 13.8. The van der Waals surface area contributed by atoms with E-state index in [9.17, 15) is 13.6 Å². The Morgan fingerprint density at radius 1 is 1.20 bits per heavy atom. The molecular formula is C19H18F2N2O2. The first kappa shape index (κ1) is 18.4. The molecular weight excluding hydrogens is 326 g/mol. The van der Waals surface area contributed by atoms with Crippen LogP contribution in [0.1, 0.15) is 28.3 Å². The Labute approximate surface area is 145 Å². The molecule has 6 heteroatoms. The van der Waals surface area contributed by atoms with Gasteiger partial charge in [-0.25, -0.2) is 8.78 Å². The van der Waals surface area contributed by atoms with E-state index in [0.29, 0.717) is 11.8 Å². The fourth-order valence-electron chi connectivity index (χ4n) is 2.65. The van der Waals surface area contributed by atoms with Gasteiger partial charge in [-0.1, -0.05) is 23.8 Å². The highest BCUT2D eigenvalue weighted by Crippen LogP contribution is 2.24. The van der Waals surface area contributed by atoms with E-state index in [4.69, 9.17) is 10.00 Å². The summed E-state index contributed by atoms with van der Waals surface area (Å²) in [4.78, 5) is 12.0.